The van der Waals surface area contributed by atoms with Crippen molar-refractivity contribution in [3.8, 4) is 0 Å². The van der Waals surface area contributed by atoms with Crippen molar-refractivity contribution in [2.45, 2.75) is 25.7 Å². The minimum atomic E-state index is -0.371. The molecule has 1 aliphatic rings. The topological polar surface area (TPSA) is 54.9 Å². The SMILES string of the molecule is Cc1nc(NC(=O)c2ccc(F)cc2)c2cccc(C3CC3)c2n1. The molecule has 2 aromatic carbocycles. The van der Waals surface area contributed by atoms with Gasteiger partial charge in [0.25, 0.3) is 5.91 Å². The van der Waals surface area contributed by atoms with Gasteiger partial charge in [0.1, 0.15) is 17.5 Å². The van der Waals surface area contributed by atoms with Crippen LogP contribution in [0.1, 0.15) is 40.5 Å². The van der Waals surface area contributed by atoms with E-state index in [1.54, 1.807) is 0 Å². The summed E-state index contributed by atoms with van der Waals surface area (Å²) < 4.78 is 13.0. The average molecular weight is 321 g/mol. The highest BCUT2D eigenvalue weighted by molar-refractivity contribution is 6.08. The smallest absolute Gasteiger partial charge is 0.256 e. The van der Waals surface area contributed by atoms with E-state index in [4.69, 9.17) is 0 Å². The maximum atomic E-state index is 13.0. The minimum absolute atomic E-state index is 0.314. The normalized spacial score (nSPS) is 13.9. The lowest BCUT2D eigenvalue weighted by atomic mass is 10.1. The summed E-state index contributed by atoms with van der Waals surface area (Å²) in [5, 5.41) is 3.67. The van der Waals surface area contributed by atoms with Crippen molar-refractivity contribution >= 4 is 22.6 Å². The van der Waals surface area contributed by atoms with Crippen LogP contribution in [0.15, 0.2) is 42.5 Å². The average Bonchev–Trinajstić information content (AvgIpc) is 3.39. The van der Waals surface area contributed by atoms with Crippen LogP contribution in [0.3, 0.4) is 0 Å². The van der Waals surface area contributed by atoms with Crippen LogP contribution in [0.2, 0.25) is 0 Å². The molecule has 0 atom stereocenters. The van der Waals surface area contributed by atoms with Crippen LogP contribution in [-0.2, 0) is 0 Å². The second kappa shape index (κ2) is 5.67. The van der Waals surface area contributed by atoms with E-state index >= 15 is 0 Å². The summed E-state index contributed by atoms with van der Waals surface area (Å²) in [5.74, 6) is 0.984. The third-order valence-electron chi connectivity index (χ3n) is 4.23. The number of hydrogen-bond donors (Lipinski definition) is 1. The summed E-state index contributed by atoms with van der Waals surface area (Å²) in [4.78, 5) is 21.4. The second-order valence-electron chi connectivity index (χ2n) is 6.10. The summed E-state index contributed by atoms with van der Waals surface area (Å²) in [6.45, 7) is 1.82. The summed E-state index contributed by atoms with van der Waals surface area (Å²) in [6.07, 6.45) is 2.36. The standard InChI is InChI=1S/C19H16FN3O/c1-11-21-17-15(12-5-6-12)3-2-4-16(17)18(22-11)23-19(24)13-7-9-14(20)10-8-13/h2-4,7-10,12H,5-6H2,1H3,(H,21,22,23,24). The van der Waals surface area contributed by atoms with Crippen molar-refractivity contribution in [2.75, 3.05) is 5.32 Å². The predicted octanol–water partition coefficient (Wildman–Crippen LogP) is 4.21. The number of anilines is 1. The monoisotopic (exact) mass is 321 g/mol. The van der Waals surface area contributed by atoms with E-state index in [0.29, 0.717) is 23.1 Å². The molecule has 0 bridgehead atoms. The van der Waals surface area contributed by atoms with Crippen molar-refractivity contribution < 1.29 is 9.18 Å². The Labute approximate surface area is 138 Å². The Morgan fingerprint density at radius 1 is 1.12 bits per heavy atom. The maximum absolute atomic E-state index is 13.0. The molecule has 1 saturated carbocycles. The van der Waals surface area contributed by atoms with E-state index in [0.717, 1.165) is 10.9 Å². The zero-order valence-electron chi connectivity index (χ0n) is 13.2. The van der Waals surface area contributed by atoms with E-state index < -0.39 is 0 Å². The number of nitrogens with zero attached hydrogens (tertiary/aromatic N) is 2. The Balaban J connectivity index is 1.74. The number of rotatable bonds is 3. The van der Waals surface area contributed by atoms with Crippen molar-refractivity contribution in [3.63, 3.8) is 0 Å². The van der Waals surface area contributed by atoms with Gasteiger partial charge in [-0.1, -0.05) is 12.1 Å². The van der Waals surface area contributed by atoms with Crippen LogP contribution in [0.5, 0.6) is 0 Å². The first-order valence-electron chi connectivity index (χ1n) is 7.96. The molecular weight excluding hydrogens is 305 g/mol. The summed E-state index contributed by atoms with van der Waals surface area (Å²) >= 11 is 0. The first kappa shape index (κ1) is 14.8. The lowest BCUT2D eigenvalue weighted by molar-refractivity contribution is 0.102. The molecule has 4 rings (SSSR count). The Morgan fingerprint density at radius 3 is 2.58 bits per heavy atom. The van der Waals surface area contributed by atoms with Crippen molar-refractivity contribution in [2.24, 2.45) is 0 Å². The summed E-state index contributed by atoms with van der Waals surface area (Å²) in [7, 11) is 0. The highest BCUT2D eigenvalue weighted by Crippen LogP contribution is 2.43. The molecule has 4 nitrogen and oxygen atoms in total. The predicted molar refractivity (Wildman–Crippen MR) is 90.6 cm³/mol. The molecule has 0 radical (unpaired) electrons. The number of para-hydroxylation sites is 1. The first-order chi connectivity index (χ1) is 11.6. The molecule has 0 aliphatic heterocycles. The zero-order chi connectivity index (χ0) is 16.7. The van der Waals surface area contributed by atoms with Gasteiger partial charge in [-0.05, 0) is 61.6 Å². The van der Waals surface area contributed by atoms with Gasteiger partial charge < -0.3 is 5.32 Å². The van der Waals surface area contributed by atoms with Crippen LogP contribution in [0.25, 0.3) is 10.9 Å². The molecule has 1 heterocycles. The lowest BCUT2D eigenvalue weighted by Crippen LogP contribution is -2.14. The number of aromatic nitrogens is 2. The molecule has 120 valence electrons. The maximum Gasteiger partial charge on any atom is 0.256 e. The summed E-state index contributed by atoms with van der Waals surface area (Å²) in [5.41, 5.74) is 2.51. The van der Waals surface area contributed by atoms with E-state index in [1.807, 2.05) is 19.1 Å². The van der Waals surface area contributed by atoms with Gasteiger partial charge in [0.05, 0.1) is 5.52 Å². The lowest BCUT2D eigenvalue weighted by Gasteiger charge is -2.11. The largest absolute Gasteiger partial charge is 0.306 e. The fourth-order valence-corrected chi connectivity index (χ4v) is 2.89. The van der Waals surface area contributed by atoms with E-state index in [1.165, 1.54) is 42.7 Å². The van der Waals surface area contributed by atoms with Crippen LogP contribution in [0, 0.1) is 12.7 Å². The van der Waals surface area contributed by atoms with E-state index in [9.17, 15) is 9.18 Å². The molecule has 1 N–H and O–H groups in total. The van der Waals surface area contributed by atoms with Crippen LogP contribution in [0.4, 0.5) is 10.2 Å². The molecule has 3 aromatic rings. The number of fused-ring (bicyclic) bond motifs is 1. The number of carbonyl (C=O) groups is 1. The Kier molecular flexibility index (Phi) is 3.49. The number of carbonyl (C=O) groups excluding carboxylic acids is 1. The zero-order valence-corrected chi connectivity index (χ0v) is 13.2. The summed E-state index contributed by atoms with van der Waals surface area (Å²) in [6, 6.07) is 11.4. The molecule has 1 aromatic heterocycles. The van der Waals surface area contributed by atoms with Gasteiger partial charge in [0, 0.05) is 10.9 Å². The van der Waals surface area contributed by atoms with E-state index in [2.05, 4.69) is 21.4 Å². The quantitative estimate of drug-likeness (QED) is 0.786. The van der Waals surface area contributed by atoms with Crippen molar-refractivity contribution in [1.29, 1.82) is 0 Å². The molecule has 0 saturated heterocycles. The van der Waals surface area contributed by atoms with Gasteiger partial charge in [0.15, 0.2) is 0 Å². The number of benzene rings is 2. The van der Waals surface area contributed by atoms with Crippen LogP contribution in [-0.4, -0.2) is 15.9 Å². The second-order valence-corrected chi connectivity index (χ2v) is 6.10. The van der Waals surface area contributed by atoms with Crippen LogP contribution < -0.4 is 5.32 Å². The minimum Gasteiger partial charge on any atom is -0.306 e. The molecule has 24 heavy (non-hydrogen) atoms. The third kappa shape index (κ3) is 2.73. The Morgan fingerprint density at radius 2 is 1.88 bits per heavy atom. The van der Waals surface area contributed by atoms with Crippen LogP contribution >= 0.6 is 0 Å². The Hall–Kier alpha value is -2.82. The van der Waals surface area contributed by atoms with Gasteiger partial charge >= 0.3 is 0 Å². The highest BCUT2D eigenvalue weighted by Gasteiger charge is 2.26. The molecule has 1 aliphatic carbocycles. The fourth-order valence-electron chi connectivity index (χ4n) is 2.89. The van der Waals surface area contributed by atoms with Gasteiger partial charge in [-0.15, -0.1) is 0 Å². The number of nitrogens with one attached hydrogen (secondary N) is 1. The van der Waals surface area contributed by atoms with Gasteiger partial charge in [-0.3, -0.25) is 4.79 Å². The molecule has 0 unspecified atom stereocenters. The fraction of sp³-hybridized carbons (Fsp3) is 0.211. The molecule has 1 amide bonds. The molecule has 1 fully saturated rings. The van der Waals surface area contributed by atoms with Crippen molar-refractivity contribution in [1.82, 2.24) is 9.97 Å². The number of halogens is 1. The molecule has 0 spiro atoms. The van der Waals surface area contributed by atoms with Gasteiger partial charge in [-0.25, -0.2) is 14.4 Å². The number of hydrogen-bond acceptors (Lipinski definition) is 3. The highest BCUT2D eigenvalue weighted by atomic mass is 19.1. The molecule has 5 heteroatoms. The first-order valence-corrected chi connectivity index (χ1v) is 7.96. The van der Waals surface area contributed by atoms with E-state index in [-0.39, 0.29) is 11.7 Å². The number of aryl methyl sites for hydroxylation is 1. The van der Waals surface area contributed by atoms with Gasteiger partial charge in [-0.2, -0.15) is 0 Å². The third-order valence-corrected chi connectivity index (χ3v) is 4.23. The Bertz CT molecular complexity index is 933. The number of amides is 1. The van der Waals surface area contributed by atoms with Gasteiger partial charge in [0.2, 0.25) is 0 Å². The van der Waals surface area contributed by atoms with Crippen molar-refractivity contribution in [3.05, 3.63) is 65.2 Å². The molecular formula is C19H16FN3O.